The van der Waals surface area contributed by atoms with Crippen molar-refractivity contribution in [2.45, 2.75) is 18.9 Å². The van der Waals surface area contributed by atoms with Gasteiger partial charge in [-0.1, -0.05) is 22.0 Å². The third-order valence-corrected chi connectivity index (χ3v) is 4.06. The van der Waals surface area contributed by atoms with E-state index in [0.717, 1.165) is 5.35 Å². The summed E-state index contributed by atoms with van der Waals surface area (Å²) in [7, 11) is 0. The summed E-state index contributed by atoms with van der Waals surface area (Å²) in [6.07, 6.45) is 1.34. The maximum absolute atomic E-state index is 13.2. The number of carbonyl (C=O) groups is 1. The summed E-state index contributed by atoms with van der Waals surface area (Å²) in [5.74, 6) is -1.02. The van der Waals surface area contributed by atoms with Gasteiger partial charge in [-0.3, -0.25) is 0 Å². The second-order valence-electron chi connectivity index (χ2n) is 4.77. The smallest absolute Gasteiger partial charge is 0.407 e. The number of fused-ring (bicyclic) bond motifs is 3. The topological polar surface area (TPSA) is 56.3 Å². The average molecular weight is 345 g/mol. The van der Waals surface area contributed by atoms with Crippen LogP contribution in [-0.2, 0) is 6.54 Å². The molecule has 0 bridgehead atoms. The number of nitrogens with one attached hydrogen (secondary N) is 1. The average Bonchev–Trinajstić information content (AvgIpc) is 2.74. The van der Waals surface area contributed by atoms with E-state index in [4.69, 9.17) is 5.11 Å². The summed E-state index contributed by atoms with van der Waals surface area (Å²) < 4.78 is 27.1. The van der Waals surface area contributed by atoms with E-state index in [9.17, 15) is 13.6 Å². The summed E-state index contributed by atoms with van der Waals surface area (Å²) in [5, 5.41) is 10.4. The summed E-state index contributed by atoms with van der Waals surface area (Å²) >= 11 is 3.23. The number of hydrogen-bond acceptors (Lipinski definition) is 1. The van der Waals surface area contributed by atoms with Gasteiger partial charge in [-0.05, 0) is 17.7 Å². The Bertz CT molecular complexity index is 723. The maximum atomic E-state index is 13.2. The second-order valence-corrected chi connectivity index (χ2v) is 5.68. The lowest BCUT2D eigenvalue weighted by molar-refractivity contribution is 0.130. The van der Waals surface area contributed by atoms with Crippen molar-refractivity contribution in [1.29, 1.82) is 0 Å². The molecule has 20 heavy (non-hydrogen) atoms. The molecule has 106 valence electrons. The highest BCUT2D eigenvalue weighted by Gasteiger charge is 2.30. The van der Waals surface area contributed by atoms with Crippen molar-refractivity contribution in [2.24, 2.45) is 0 Å². The Hall–Kier alpha value is -1.63. The number of allylic oxidation sites excluding steroid dienone is 2. The SMILES string of the molecule is O=C(O)N1CC=c2[nH]c3c(c2C1)C(C(F)F)C=C(Br)C=3. The summed E-state index contributed by atoms with van der Waals surface area (Å²) in [6.45, 7) is 0.394. The van der Waals surface area contributed by atoms with Crippen LogP contribution in [0.2, 0.25) is 0 Å². The number of amides is 1. The summed E-state index contributed by atoms with van der Waals surface area (Å²) in [5.41, 5.74) is 1.15. The van der Waals surface area contributed by atoms with Gasteiger partial charge in [-0.2, -0.15) is 0 Å². The summed E-state index contributed by atoms with van der Waals surface area (Å²) in [4.78, 5) is 15.3. The van der Waals surface area contributed by atoms with Crippen molar-refractivity contribution in [3.05, 3.63) is 32.4 Å². The van der Waals surface area contributed by atoms with E-state index >= 15 is 0 Å². The number of alkyl halides is 2. The molecular weight excluding hydrogens is 334 g/mol. The highest BCUT2D eigenvalue weighted by Crippen LogP contribution is 2.31. The molecule has 4 nitrogen and oxygen atoms in total. The van der Waals surface area contributed by atoms with Crippen LogP contribution >= 0.6 is 15.9 Å². The van der Waals surface area contributed by atoms with Gasteiger partial charge in [0, 0.05) is 27.3 Å². The fourth-order valence-corrected chi connectivity index (χ4v) is 3.19. The van der Waals surface area contributed by atoms with Crippen LogP contribution in [0.1, 0.15) is 17.0 Å². The standard InChI is InChI=1S/C13H11BrF2N2O2/c14-6-3-7(12(15)16)11-8-5-18(13(19)20)2-1-9(8)17-10(11)4-6/h1,3-4,7,12,17H,2,5H2,(H,19,20). The Morgan fingerprint density at radius 1 is 1.50 bits per heavy atom. The van der Waals surface area contributed by atoms with E-state index in [1.807, 2.05) is 0 Å². The molecule has 0 fully saturated rings. The predicted octanol–water partition coefficient (Wildman–Crippen LogP) is 1.71. The van der Waals surface area contributed by atoms with E-state index in [0.29, 0.717) is 21.0 Å². The number of carboxylic acid groups (broad SMARTS) is 1. The van der Waals surface area contributed by atoms with E-state index in [1.165, 1.54) is 11.0 Å². The van der Waals surface area contributed by atoms with Crippen molar-refractivity contribution in [2.75, 3.05) is 6.54 Å². The number of rotatable bonds is 1. The third-order valence-electron chi connectivity index (χ3n) is 3.57. The minimum absolute atomic E-state index is 0.134. The molecule has 1 atom stereocenters. The molecule has 1 aromatic heterocycles. The molecule has 7 heteroatoms. The molecule has 2 heterocycles. The second kappa shape index (κ2) is 4.73. The predicted molar refractivity (Wildman–Crippen MR) is 73.2 cm³/mol. The molecule has 2 aliphatic rings. The number of H-pyrrole nitrogens is 1. The van der Waals surface area contributed by atoms with Crippen LogP contribution in [0.3, 0.4) is 0 Å². The molecule has 1 aromatic rings. The molecule has 3 rings (SSSR count). The minimum atomic E-state index is -2.53. The normalized spacial score (nSPS) is 20.7. The van der Waals surface area contributed by atoms with Crippen molar-refractivity contribution in [1.82, 2.24) is 9.88 Å². The van der Waals surface area contributed by atoms with Crippen molar-refractivity contribution in [3.63, 3.8) is 0 Å². The quantitative estimate of drug-likeness (QED) is 0.814. The number of hydrogen-bond donors (Lipinski definition) is 2. The Morgan fingerprint density at radius 2 is 2.25 bits per heavy atom. The van der Waals surface area contributed by atoms with Gasteiger partial charge in [0.2, 0.25) is 6.43 Å². The third kappa shape index (κ3) is 2.06. The number of halogens is 3. The first-order valence-electron chi connectivity index (χ1n) is 6.03. The first kappa shape index (κ1) is 13.4. The van der Waals surface area contributed by atoms with Crippen LogP contribution in [0, 0.1) is 0 Å². The fraction of sp³-hybridized carbons (Fsp3) is 0.308. The van der Waals surface area contributed by atoms with Gasteiger partial charge in [0.25, 0.3) is 0 Å². The molecule has 0 saturated heterocycles. The van der Waals surface area contributed by atoms with Gasteiger partial charge in [-0.15, -0.1) is 0 Å². The molecule has 2 N–H and O–H groups in total. The first-order valence-corrected chi connectivity index (χ1v) is 6.82. The van der Waals surface area contributed by atoms with Crippen molar-refractivity contribution >= 4 is 34.2 Å². The number of aromatic amines is 1. The number of nitrogens with zero attached hydrogens (tertiary/aromatic N) is 1. The van der Waals surface area contributed by atoms with Crippen LogP contribution in [0.5, 0.6) is 0 Å². The molecule has 0 aromatic carbocycles. The van der Waals surface area contributed by atoms with Crippen LogP contribution in [-0.4, -0.2) is 34.1 Å². The van der Waals surface area contributed by atoms with Crippen molar-refractivity contribution in [3.8, 4) is 0 Å². The van der Waals surface area contributed by atoms with Gasteiger partial charge < -0.3 is 15.0 Å². The zero-order valence-corrected chi connectivity index (χ0v) is 11.8. The number of aromatic nitrogens is 1. The maximum Gasteiger partial charge on any atom is 0.407 e. The van der Waals surface area contributed by atoms with Crippen LogP contribution in [0.4, 0.5) is 13.6 Å². The van der Waals surface area contributed by atoms with E-state index in [2.05, 4.69) is 20.9 Å². The highest BCUT2D eigenvalue weighted by atomic mass is 79.9. The molecule has 0 spiro atoms. The Balaban J connectivity index is 2.17. The Kier molecular flexibility index (Phi) is 3.16. The molecule has 1 amide bonds. The van der Waals surface area contributed by atoms with Crippen molar-refractivity contribution < 1.29 is 18.7 Å². The first-order chi connectivity index (χ1) is 9.47. The lowest BCUT2D eigenvalue weighted by Gasteiger charge is -2.23. The summed E-state index contributed by atoms with van der Waals surface area (Å²) in [6, 6.07) is 0. The minimum Gasteiger partial charge on any atom is -0.465 e. The van der Waals surface area contributed by atoms with E-state index < -0.39 is 18.4 Å². The molecule has 1 aliphatic carbocycles. The Morgan fingerprint density at radius 3 is 2.90 bits per heavy atom. The van der Waals surface area contributed by atoms with E-state index in [1.54, 1.807) is 12.2 Å². The molecule has 0 saturated carbocycles. The van der Waals surface area contributed by atoms with Gasteiger partial charge in [0.15, 0.2) is 0 Å². The van der Waals surface area contributed by atoms with E-state index in [-0.39, 0.29) is 13.1 Å². The van der Waals surface area contributed by atoms with Crippen LogP contribution in [0.25, 0.3) is 12.2 Å². The molecule has 1 unspecified atom stereocenters. The van der Waals surface area contributed by atoms with Gasteiger partial charge in [-0.25, -0.2) is 13.6 Å². The van der Waals surface area contributed by atoms with Crippen LogP contribution < -0.4 is 10.7 Å². The van der Waals surface area contributed by atoms with Crippen LogP contribution in [0.15, 0.2) is 10.6 Å². The molecule has 0 radical (unpaired) electrons. The Labute approximate surface area is 121 Å². The zero-order valence-electron chi connectivity index (χ0n) is 10.2. The van der Waals surface area contributed by atoms with Gasteiger partial charge >= 0.3 is 6.09 Å². The lowest BCUT2D eigenvalue weighted by atomic mass is 9.92. The molecule has 1 aliphatic heterocycles. The zero-order chi connectivity index (χ0) is 14.4. The molecular formula is C13H11BrF2N2O2. The fourth-order valence-electron chi connectivity index (χ4n) is 2.68. The van der Waals surface area contributed by atoms with Gasteiger partial charge in [0.1, 0.15) is 0 Å². The van der Waals surface area contributed by atoms with Gasteiger partial charge in [0.05, 0.1) is 12.5 Å². The lowest BCUT2D eigenvalue weighted by Crippen LogP contribution is -2.36. The monoisotopic (exact) mass is 344 g/mol. The largest absolute Gasteiger partial charge is 0.465 e. The highest BCUT2D eigenvalue weighted by molar-refractivity contribution is 9.12.